The summed E-state index contributed by atoms with van der Waals surface area (Å²) in [5, 5.41) is 0. The molecule has 2 aromatic carbocycles. The summed E-state index contributed by atoms with van der Waals surface area (Å²) in [4.78, 5) is 3.05. The molecular weight excluding hydrogens is 651 g/mol. The normalized spacial score (nSPS) is 10.6. The number of hydrogen-bond donors (Lipinski definition) is 0. The van der Waals surface area contributed by atoms with Gasteiger partial charge in [0.1, 0.15) is 0 Å². The predicted octanol–water partition coefficient (Wildman–Crippen LogP) is 15.1. The van der Waals surface area contributed by atoms with Gasteiger partial charge in [0.15, 0.2) is 0 Å². The van der Waals surface area contributed by atoms with E-state index in [-0.39, 0.29) is 16.5 Å². The van der Waals surface area contributed by atoms with Gasteiger partial charge >= 0.3 is 16.5 Å². The molecule has 3 heteroatoms. The molecule has 2 nitrogen and oxygen atoms in total. The van der Waals surface area contributed by atoms with E-state index in [2.05, 4.69) is 99.0 Å². The Morgan fingerprint density at radius 3 is 1.70 bits per heavy atom. The monoisotopic (exact) mass is 725 g/mol. The minimum atomic E-state index is 0. The molecule has 0 unspecified atom stereocenters. The van der Waals surface area contributed by atoms with Crippen molar-refractivity contribution in [3.63, 3.8) is 0 Å². The Bertz CT molecular complexity index is 1170. The van der Waals surface area contributed by atoms with Crippen LogP contribution in [0.15, 0.2) is 72.8 Å². The third-order valence-electron chi connectivity index (χ3n) is 8.97. The van der Waals surface area contributed by atoms with Crippen LogP contribution in [-0.2, 0) is 29.3 Å². The fourth-order valence-electron chi connectivity index (χ4n) is 6.23. The van der Waals surface area contributed by atoms with Crippen molar-refractivity contribution >= 4 is 11.4 Å². The van der Waals surface area contributed by atoms with Crippen LogP contribution < -0.4 is 0 Å². The summed E-state index contributed by atoms with van der Waals surface area (Å²) in [5.74, 6) is 2.56. The van der Waals surface area contributed by atoms with Gasteiger partial charge in [0, 0.05) is 0 Å². The fourth-order valence-corrected chi connectivity index (χ4v) is 6.23. The van der Waals surface area contributed by atoms with Gasteiger partial charge in [-0.05, 0) is 72.4 Å². The van der Waals surface area contributed by atoms with Gasteiger partial charge in [-0.25, -0.2) is 0 Å². The van der Waals surface area contributed by atoms with E-state index in [1.165, 1.54) is 151 Å². The number of aryl methyl sites for hydroxylation is 2. The van der Waals surface area contributed by atoms with E-state index in [0.717, 1.165) is 24.8 Å². The van der Waals surface area contributed by atoms with Gasteiger partial charge in [0.25, 0.3) is 5.87 Å². The van der Waals surface area contributed by atoms with Crippen LogP contribution in [0, 0.1) is 13.8 Å². The number of nitrogens with zero attached hydrogens (tertiary/aromatic N) is 2. The largest absolute Gasteiger partial charge is 2.00 e. The minimum Gasteiger partial charge on any atom is -0.348 e. The first-order chi connectivity index (χ1) is 24.3. The van der Waals surface area contributed by atoms with E-state index < -0.39 is 0 Å². The summed E-state index contributed by atoms with van der Waals surface area (Å²) < 4.78 is 0. The average molecular weight is 726 g/mol. The molecule has 282 valence electrons. The Morgan fingerprint density at radius 1 is 0.620 bits per heavy atom. The maximum absolute atomic E-state index is 8.90. The number of unbranched alkanes of at least 4 members (excludes halogenated alkanes) is 18. The maximum Gasteiger partial charge on any atom is 2.00 e. The maximum atomic E-state index is 8.90. The molecule has 0 aliphatic rings. The molecule has 0 saturated carbocycles. The average Bonchev–Trinajstić information content (AvgIpc) is 3.15. The molecule has 0 heterocycles. The van der Waals surface area contributed by atoms with Crippen LogP contribution in [0.5, 0.6) is 0 Å². The molecule has 0 amide bonds. The molecule has 2 aromatic rings. The molecule has 0 atom stereocenters. The first-order valence-corrected chi connectivity index (χ1v) is 20.2. The Labute approximate surface area is 321 Å². The van der Waals surface area contributed by atoms with Gasteiger partial charge < -0.3 is 19.4 Å². The van der Waals surface area contributed by atoms with Crippen LogP contribution in [0.3, 0.4) is 0 Å². The zero-order valence-corrected chi connectivity index (χ0v) is 33.8. The zero-order chi connectivity index (χ0) is 36.0. The van der Waals surface area contributed by atoms with Crippen molar-refractivity contribution in [3.05, 3.63) is 114 Å². The van der Waals surface area contributed by atoms with Gasteiger partial charge in [0.05, 0.1) is 6.08 Å². The Hall–Kier alpha value is -2.43. The van der Waals surface area contributed by atoms with Gasteiger partial charge in [-0.1, -0.05) is 184 Å². The standard InChI is InChI=1S/C43H64N2.2C2H5.Ni/c1-3-5-7-8-9-10-11-12-13-14-15-16-17-18-19-20-21-22-23-24-25-32-40-33-26-27-35-42(40)43(36-29-37-45-44)41-34-28-31-39(38-41)30-6-4-2;2*1-2;/h23-24,26-29,31,33-36,38H,3-22,25,30,32H2,1-2H3;2*1H2,2H3;/q;2*-1;+2. The van der Waals surface area contributed by atoms with Crippen molar-refractivity contribution in [2.75, 3.05) is 0 Å². The van der Waals surface area contributed by atoms with Gasteiger partial charge in [-0.3, -0.25) is 0 Å². The molecule has 0 bridgehead atoms. The van der Waals surface area contributed by atoms with Crippen LogP contribution in [-0.4, -0.2) is 10.7 Å². The molecule has 0 aliphatic carbocycles. The molecule has 0 aliphatic heterocycles. The molecule has 0 N–H and O–H groups in total. The minimum absolute atomic E-state index is 0. The van der Waals surface area contributed by atoms with Crippen molar-refractivity contribution in [1.82, 2.24) is 0 Å². The second-order valence-corrected chi connectivity index (χ2v) is 12.9. The van der Waals surface area contributed by atoms with E-state index in [1.54, 1.807) is 19.9 Å². The van der Waals surface area contributed by atoms with Crippen LogP contribution >= 0.6 is 0 Å². The van der Waals surface area contributed by atoms with E-state index >= 15 is 0 Å². The van der Waals surface area contributed by atoms with Gasteiger partial charge in [-0.15, -0.1) is 4.79 Å². The topological polar surface area (TPSA) is 36.4 Å². The summed E-state index contributed by atoms with van der Waals surface area (Å²) in [6, 6.07) is 17.6. The summed E-state index contributed by atoms with van der Waals surface area (Å²) >= 11 is 0. The van der Waals surface area contributed by atoms with Crippen molar-refractivity contribution < 1.29 is 21.3 Å². The predicted molar refractivity (Wildman–Crippen MR) is 220 cm³/mol. The van der Waals surface area contributed by atoms with Crippen LogP contribution in [0.1, 0.15) is 185 Å². The first-order valence-electron chi connectivity index (χ1n) is 20.2. The molecule has 0 radical (unpaired) electrons. The smallest absolute Gasteiger partial charge is 0.348 e. The molecule has 0 spiro atoms. The SMILES string of the molecule is CCCCCCCCCCCCCCCCCCCC=CCCc1ccccc1C(=CC=C=[N+]=[N-])c1cccc(CCCC)c1.[CH2-]C.[CH2-]C.[Ni+2]. The third-order valence-corrected chi connectivity index (χ3v) is 8.97. The van der Waals surface area contributed by atoms with Crippen LogP contribution in [0.2, 0.25) is 0 Å². The van der Waals surface area contributed by atoms with E-state index in [9.17, 15) is 0 Å². The molecule has 0 saturated heterocycles. The summed E-state index contributed by atoms with van der Waals surface area (Å²) in [6.45, 7) is 14.5. The van der Waals surface area contributed by atoms with Gasteiger partial charge in [0.2, 0.25) is 0 Å². The molecule has 2 rings (SSSR count). The van der Waals surface area contributed by atoms with Crippen LogP contribution in [0.4, 0.5) is 0 Å². The quantitative estimate of drug-likeness (QED) is 0.0129. The second kappa shape index (κ2) is 39.4. The Morgan fingerprint density at radius 2 is 1.14 bits per heavy atom. The number of benzene rings is 2. The molecule has 0 fully saturated rings. The summed E-state index contributed by atoms with van der Waals surface area (Å²) in [6.07, 6.45) is 39.4. The van der Waals surface area contributed by atoms with E-state index in [0.29, 0.717) is 0 Å². The Kier molecular flexibility index (Phi) is 39.1. The van der Waals surface area contributed by atoms with E-state index in [4.69, 9.17) is 5.53 Å². The summed E-state index contributed by atoms with van der Waals surface area (Å²) in [7, 11) is 0. The fraction of sp³-hybridized carbons (Fsp3) is 0.574. The van der Waals surface area contributed by atoms with Crippen LogP contribution in [0.25, 0.3) is 11.1 Å². The molecular formula is C47H74N2Ni. The van der Waals surface area contributed by atoms with Gasteiger partial charge in [-0.2, -0.15) is 13.8 Å². The van der Waals surface area contributed by atoms with Crippen molar-refractivity contribution in [1.29, 1.82) is 0 Å². The van der Waals surface area contributed by atoms with Crippen molar-refractivity contribution in [2.24, 2.45) is 0 Å². The summed E-state index contributed by atoms with van der Waals surface area (Å²) in [5.41, 5.74) is 15.2. The second-order valence-electron chi connectivity index (χ2n) is 12.9. The number of hydrogen-bond acceptors (Lipinski definition) is 0. The van der Waals surface area contributed by atoms with Crippen molar-refractivity contribution in [2.45, 2.75) is 175 Å². The number of rotatable bonds is 27. The Balaban J connectivity index is 0. The zero-order valence-electron chi connectivity index (χ0n) is 32.8. The van der Waals surface area contributed by atoms with E-state index in [1.807, 2.05) is 6.08 Å². The van der Waals surface area contributed by atoms with Crippen molar-refractivity contribution in [3.8, 4) is 0 Å². The molecule has 0 aromatic heterocycles. The molecule has 50 heavy (non-hydrogen) atoms. The first kappa shape index (κ1) is 49.7. The third kappa shape index (κ3) is 26.4. The number of allylic oxidation sites excluding steroid dienone is 4.